The number of hydrogen-bond donors (Lipinski definition) is 3. The van der Waals surface area contributed by atoms with E-state index in [1.807, 2.05) is 0 Å². The van der Waals surface area contributed by atoms with E-state index in [0.29, 0.717) is 0 Å². The Morgan fingerprint density at radius 2 is 1.35 bits per heavy atom. The molecule has 0 unspecified atom stereocenters. The van der Waals surface area contributed by atoms with Crippen molar-refractivity contribution in [3.05, 3.63) is 24.3 Å². The second-order valence-electron chi connectivity index (χ2n) is 5.02. The lowest BCUT2D eigenvalue weighted by Gasteiger charge is -2.32. The number of carbonyl (C=O) groups is 2. The van der Waals surface area contributed by atoms with Gasteiger partial charge in [0.15, 0.2) is 0 Å². The van der Waals surface area contributed by atoms with Crippen molar-refractivity contribution < 1.29 is 22.6 Å². The maximum absolute atomic E-state index is 11.6. The van der Waals surface area contributed by atoms with Gasteiger partial charge in [0.25, 0.3) is 10.1 Å². The van der Waals surface area contributed by atoms with E-state index in [1.165, 1.54) is 27.7 Å². The van der Waals surface area contributed by atoms with Crippen molar-refractivity contribution in [2.75, 3.05) is 0 Å². The number of amides is 2. The van der Waals surface area contributed by atoms with Crippen LogP contribution in [0.1, 0.15) is 27.7 Å². The van der Waals surface area contributed by atoms with Gasteiger partial charge in [-0.25, -0.2) is 0 Å². The van der Waals surface area contributed by atoms with Gasteiger partial charge in [0.2, 0.25) is 11.8 Å². The first-order valence-electron chi connectivity index (χ1n) is 5.70. The Morgan fingerprint density at radius 1 is 1.05 bits per heavy atom. The standard InChI is InChI=1S/C12H20N2O5S/c1-7(2)9(15)13-11(14-10(16)8(3)4)12(5,6)20(17,18)19/h11H,1,3H2,2,4-6H3,(H,13,15)(H,14,16)(H,17,18,19). The maximum atomic E-state index is 11.6. The average molecular weight is 304 g/mol. The molecule has 0 aromatic heterocycles. The first-order valence-corrected chi connectivity index (χ1v) is 7.14. The van der Waals surface area contributed by atoms with Crippen molar-refractivity contribution in [1.29, 1.82) is 0 Å². The Hall–Kier alpha value is -1.67. The van der Waals surface area contributed by atoms with Crippen LogP contribution < -0.4 is 10.6 Å². The third-order valence-corrected chi connectivity index (χ3v) is 4.25. The molecule has 0 fully saturated rings. The van der Waals surface area contributed by atoms with Crippen molar-refractivity contribution in [1.82, 2.24) is 10.6 Å². The van der Waals surface area contributed by atoms with Gasteiger partial charge in [-0.2, -0.15) is 8.42 Å². The SMILES string of the molecule is C=C(C)C(=O)NC(NC(=O)C(=C)C)C(C)(C)S(=O)(=O)O. The number of nitrogens with one attached hydrogen (secondary N) is 2. The summed E-state index contributed by atoms with van der Waals surface area (Å²) in [5, 5.41) is 4.60. The van der Waals surface area contributed by atoms with Crippen molar-refractivity contribution in [3.63, 3.8) is 0 Å². The Balaban J connectivity index is 5.48. The lowest BCUT2D eigenvalue weighted by Crippen LogP contribution is -2.62. The summed E-state index contributed by atoms with van der Waals surface area (Å²) in [7, 11) is -4.53. The zero-order valence-corrected chi connectivity index (χ0v) is 12.8. The Labute approximate surface area is 118 Å². The second kappa shape index (κ2) is 6.19. The van der Waals surface area contributed by atoms with Gasteiger partial charge in [0, 0.05) is 11.1 Å². The molecule has 3 N–H and O–H groups in total. The minimum Gasteiger partial charge on any atom is -0.331 e. The predicted octanol–water partition coefficient (Wildman–Crippen LogP) is 0.364. The smallest absolute Gasteiger partial charge is 0.274 e. The highest BCUT2D eigenvalue weighted by Gasteiger charge is 2.43. The van der Waals surface area contributed by atoms with Crippen LogP contribution in [-0.2, 0) is 19.7 Å². The van der Waals surface area contributed by atoms with Crippen molar-refractivity contribution >= 4 is 21.9 Å². The van der Waals surface area contributed by atoms with E-state index in [2.05, 4.69) is 23.8 Å². The van der Waals surface area contributed by atoms with Gasteiger partial charge in [0.1, 0.15) is 10.9 Å². The molecule has 114 valence electrons. The molecule has 0 bridgehead atoms. The Kier molecular flexibility index (Phi) is 5.67. The van der Waals surface area contributed by atoms with Crippen LogP contribution in [-0.4, -0.2) is 35.7 Å². The van der Waals surface area contributed by atoms with Crippen LogP contribution in [0.2, 0.25) is 0 Å². The molecule has 0 saturated carbocycles. The van der Waals surface area contributed by atoms with Gasteiger partial charge in [-0.1, -0.05) is 13.2 Å². The highest BCUT2D eigenvalue weighted by atomic mass is 32.2. The lowest BCUT2D eigenvalue weighted by molar-refractivity contribution is -0.121. The summed E-state index contributed by atoms with van der Waals surface area (Å²) in [5.41, 5.74) is 0.261. The molecule has 0 aromatic rings. The van der Waals surface area contributed by atoms with E-state index in [1.54, 1.807) is 0 Å². The van der Waals surface area contributed by atoms with E-state index < -0.39 is 32.8 Å². The molecule has 0 atom stereocenters. The van der Waals surface area contributed by atoms with E-state index >= 15 is 0 Å². The maximum Gasteiger partial charge on any atom is 0.274 e. The monoisotopic (exact) mass is 304 g/mol. The molecule has 0 aliphatic rings. The molecular formula is C12H20N2O5S. The van der Waals surface area contributed by atoms with Gasteiger partial charge >= 0.3 is 0 Å². The number of hydrogen-bond acceptors (Lipinski definition) is 4. The summed E-state index contributed by atoms with van der Waals surface area (Å²) >= 11 is 0. The van der Waals surface area contributed by atoms with Crippen LogP contribution in [0.5, 0.6) is 0 Å². The molecule has 0 radical (unpaired) electrons. The number of rotatable bonds is 6. The zero-order chi connectivity index (χ0) is 16.3. The van der Waals surface area contributed by atoms with Gasteiger partial charge in [-0.05, 0) is 27.7 Å². The lowest BCUT2D eigenvalue weighted by atomic mass is 10.1. The van der Waals surface area contributed by atoms with Crippen LogP contribution in [0.3, 0.4) is 0 Å². The summed E-state index contributed by atoms with van der Waals surface area (Å²) < 4.78 is 30.2. The molecule has 0 saturated heterocycles. The van der Waals surface area contributed by atoms with Gasteiger partial charge in [-0.15, -0.1) is 0 Å². The number of carbonyl (C=O) groups excluding carboxylic acids is 2. The summed E-state index contributed by atoms with van der Waals surface area (Å²) in [6.45, 7) is 12.0. The molecule has 0 aromatic carbocycles. The third-order valence-electron chi connectivity index (χ3n) is 2.69. The molecular weight excluding hydrogens is 284 g/mol. The van der Waals surface area contributed by atoms with Crippen LogP contribution >= 0.6 is 0 Å². The molecule has 0 aliphatic carbocycles. The Bertz CT molecular complexity index is 520. The van der Waals surface area contributed by atoms with Gasteiger partial charge < -0.3 is 10.6 Å². The fourth-order valence-electron chi connectivity index (χ4n) is 1.04. The summed E-state index contributed by atoms with van der Waals surface area (Å²) in [6, 6.07) is 0. The summed E-state index contributed by atoms with van der Waals surface area (Å²) in [5.74, 6) is -1.29. The molecule has 0 rings (SSSR count). The first kappa shape index (κ1) is 18.3. The van der Waals surface area contributed by atoms with Gasteiger partial charge in [0.05, 0.1) is 0 Å². The first-order chi connectivity index (χ1) is 8.80. The second-order valence-corrected chi connectivity index (χ2v) is 7.02. The van der Waals surface area contributed by atoms with Crippen molar-refractivity contribution in [3.8, 4) is 0 Å². The van der Waals surface area contributed by atoms with Crippen molar-refractivity contribution in [2.24, 2.45) is 0 Å². The van der Waals surface area contributed by atoms with Crippen LogP contribution in [0.15, 0.2) is 24.3 Å². The van der Waals surface area contributed by atoms with Crippen LogP contribution in [0.25, 0.3) is 0 Å². The molecule has 20 heavy (non-hydrogen) atoms. The molecule has 0 aliphatic heterocycles. The minimum absolute atomic E-state index is 0.130. The van der Waals surface area contributed by atoms with Crippen molar-refractivity contribution in [2.45, 2.75) is 38.6 Å². The van der Waals surface area contributed by atoms with Crippen LogP contribution in [0.4, 0.5) is 0 Å². The van der Waals surface area contributed by atoms with Gasteiger partial charge in [-0.3, -0.25) is 14.1 Å². The highest BCUT2D eigenvalue weighted by Crippen LogP contribution is 2.19. The summed E-state index contributed by atoms with van der Waals surface area (Å²) in [4.78, 5) is 23.2. The topological polar surface area (TPSA) is 113 Å². The van der Waals surface area contributed by atoms with E-state index in [-0.39, 0.29) is 11.1 Å². The molecule has 7 nitrogen and oxygen atoms in total. The average Bonchev–Trinajstić information content (AvgIpc) is 2.25. The third kappa shape index (κ3) is 4.46. The molecule has 2 amide bonds. The van der Waals surface area contributed by atoms with E-state index in [4.69, 9.17) is 0 Å². The minimum atomic E-state index is -4.53. The molecule has 0 heterocycles. The highest BCUT2D eigenvalue weighted by molar-refractivity contribution is 7.87. The molecule has 0 spiro atoms. The normalized spacial score (nSPS) is 11.9. The Morgan fingerprint density at radius 3 is 1.55 bits per heavy atom. The fourth-order valence-corrected chi connectivity index (χ4v) is 1.46. The van der Waals surface area contributed by atoms with Crippen LogP contribution in [0, 0.1) is 0 Å². The van der Waals surface area contributed by atoms with E-state index in [0.717, 1.165) is 0 Å². The largest absolute Gasteiger partial charge is 0.331 e. The fraction of sp³-hybridized carbons (Fsp3) is 0.500. The summed E-state index contributed by atoms with van der Waals surface area (Å²) in [6.07, 6.45) is -1.34. The predicted molar refractivity (Wildman–Crippen MR) is 75.3 cm³/mol. The molecule has 8 heteroatoms. The zero-order valence-electron chi connectivity index (χ0n) is 12.0. The quantitative estimate of drug-likeness (QED) is 0.373. The van der Waals surface area contributed by atoms with E-state index in [9.17, 15) is 22.6 Å².